The van der Waals surface area contributed by atoms with E-state index in [1.54, 1.807) is 7.05 Å². The first-order valence-electron chi connectivity index (χ1n) is 3.09. The van der Waals surface area contributed by atoms with Gasteiger partial charge >= 0.3 is 0 Å². The first-order valence-corrected chi connectivity index (χ1v) is 4.32. The Morgan fingerprint density at radius 2 is 2.45 bits per heavy atom. The van der Waals surface area contributed by atoms with Crippen LogP contribution in [0.15, 0.2) is 16.0 Å². The Morgan fingerprint density at radius 1 is 1.73 bits per heavy atom. The van der Waals surface area contributed by atoms with Crippen molar-refractivity contribution in [3.8, 4) is 0 Å². The van der Waals surface area contributed by atoms with Gasteiger partial charge in [-0.05, 0) is 6.26 Å². The van der Waals surface area contributed by atoms with Gasteiger partial charge in [0.05, 0.1) is 0 Å². The molecule has 0 radical (unpaired) electrons. The summed E-state index contributed by atoms with van der Waals surface area (Å²) in [6.45, 7) is 0. The first kappa shape index (κ1) is 8.13. The van der Waals surface area contributed by atoms with Gasteiger partial charge in [-0.15, -0.1) is 0 Å². The standard InChI is InChI=1S/C6H9N3OS/c1-7-4-3-5(10)9-6(8-4)11-2/h3H,1-2H3,(H2,7,8,9,10). The van der Waals surface area contributed by atoms with Crippen LogP contribution < -0.4 is 10.9 Å². The number of thioether (sulfide) groups is 1. The number of H-pyrrole nitrogens is 1. The van der Waals surface area contributed by atoms with E-state index in [4.69, 9.17) is 0 Å². The Morgan fingerprint density at radius 3 is 3.00 bits per heavy atom. The maximum Gasteiger partial charge on any atom is 0.253 e. The fourth-order valence-electron chi connectivity index (χ4n) is 0.660. The molecule has 0 aliphatic heterocycles. The van der Waals surface area contributed by atoms with Crippen LogP contribution in [0.25, 0.3) is 0 Å². The van der Waals surface area contributed by atoms with Crippen molar-refractivity contribution in [1.82, 2.24) is 9.97 Å². The Bertz CT molecular complexity index is 271. The highest BCUT2D eigenvalue weighted by atomic mass is 32.2. The summed E-state index contributed by atoms with van der Waals surface area (Å²) in [5.74, 6) is 0.595. The minimum atomic E-state index is -0.131. The van der Waals surface area contributed by atoms with E-state index >= 15 is 0 Å². The number of aromatic amines is 1. The largest absolute Gasteiger partial charge is 0.373 e. The van der Waals surface area contributed by atoms with Crippen LogP contribution in [0.3, 0.4) is 0 Å². The number of nitrogens with one attached hydrogen (secondary N) is 2. The van der Waals surface area contributed by atoms with Crippen LogP contribution in [0.5, 0.6) is 0 Å². The van der Waals surface area contributed by atoms with Gasteiger partial charge < -0.3 is 10.3 Å². The number of anilines is 1. The van der Waals surface area contributed by atoms with E-state index in [0.717, 1.165) is 0 Å². The Labute approximate surface area is 68.4 Å². The van der Waals surface area contributed by atoms with Crippen molar-refractivity contribution >= 4 is 17.6 Å². The van der Waals surface area contributed by atoms with Gasteiger partial charge in [0.15, 0.2) is 5.16 Å². The highest BCUT2D eigenvalue weighted by Crippen LogP contribution is 2.07. The van der Waals surface area contributed by atoms with Gasteiger partial charge in [0.1, 0.15) is 5.82 Å². The van der Waals surface area contributed by atoms with Crippen molar-refractivity contribution in [2.45, 2.75) is 5.16 Å². The summed E-state index contributed by atoms with van der Waals surface area (Å²) >= 11 is 1.41. The third-order valence-electron chi connectivity index (χ3n) is 1.17. The van der Waals surface area contributed by atoms with Crippen LogP contribution in [0.4, 0.5) is 5.82 Å². The van der Waals surface area contributed by atoms with Crippen LogP contribution in [0.2, 0.25) is 0 Å². The van der Waals surface area contributed by atoms with E-state index in [1.165, 1.54) is 17.8 Å². The van der Waals surface area contributed by atoms with E-state index in [1.807, 2.05) is 6.26 Å². The summed E-state index contributed by atoms with van der Waals surface area (Å²) in [6, 6.07) is 1.42. The van der Waals surface area contributed by atoms with Gasteiger partial charge in [-0.1, -0.05) is 11.8 Å². The normalized spacial score (nSPS) is 9.64. The number of rotatable bonds is 2. The molecule has 0 aromatic carbocycles. The van der Waals surface area contributed by atoms with Gasteiger partial charge in [0, 0.05) is 13.1 Å². The molecule has 0 fully saturated rings. The minimum absolute atomic E-state index is 0.131. The highest BCUT2D eigenvalue weighted by molar-refractivity contribution is 7.98. The molecule has 0 saturated carbocycles. The van der Waals surface area contributed by atoms with Gasteiger partial charge in [-0.2, -0.15) is 0 Å². The highest BCUT2D eigenvalue weighted by Gasteiger charge is 1.96. The van der Waals surface area contributed by atoms with Crippen molar-refractivity contribution in [2.75, 3.05) is 18.6 Å². The molecule has 0 saturated heterocycles. The maximum absolute atomic E-state index is 10.9. The monoisotopic (exact) mass is 171 g/mol. The SMILES string of the molecule is CNc1cc(=O)[nH]c(SC)n1. The zero-order valence-corrected chi connectivity index (χ0v) is 7.16. The molecule has 11 heavy (non-hydrogen) atoms. The molecule has 0 bridgehead atoms. The lowest BCUT2D eigenvalue weighted by atomic mass is 10.6. The third-order valence-corrected chi connectivity index (χ3v) is 1.75. The van der Waals surface area contributed by atoms with Crippen LogP contribution >= 0.6 is 11.8 Å². The fraction of sp³-hybridized carbons (Fsp3) is 0.333. The zero-order chi connectivity index (χ0) is 8.27. The first-order chi connectivity index (χ1) is 5.26. The lowest BCUT2D eigenvalue weighted by Gasteiger charge is -1.99. The van der Waals surface area contributed by atoms with Crippen LogP contribution in [0, 0.1) is 0 Å². The van der Waals surface area contributed by atoms with Crippen LogP contribution in [-0.4, -0.2) is 23.3 Å². The predicted molar refractivity (Wildman–Crippen MR) is 46.2 cm³/mol. The van der Waals surface area contributed by atoms with E-state index in [-0.39, 0.29) is 5.56 Å². The molecule has 2 N–H and O–H groups in total. The molecule has 5 heteroatoms. The minimum Gasteiger partial charge on any atom is -0.373 e. The fourth-order valence-corrected chi connectivity index (χ4v) is 1.05. The summed E-state index contributed by atoms with van der Waals surface area (Å²) in [6.07, 6.45) is 1.86. The Balaban J connectivity index is 3.12. The Kier molecular flexibility index (Phi) is 2.53. The van der Waals surface area contributed by atoms with Gasteiger partial charge in [-0.25, -0.2) is 4.98 Å². The topological polar surface area (TPSA) is 57.8 Å². The van der Waals surface area contributed by atoms with Crippen LogP contribution in [0.1, 0.15) is 0 Å². The number of nitrogens with zero attached hydrogens (tertiary/aromatic N) is 1. The quantitative estimate of drug-likeness (QED) is 0.503. The maximum atomic E-state index is 10.9. The predicted octanol–water partition coefficient (Wildman–Crippen LogP) is 0.533. The van der Waals surface area contributed by atoms with Gasteiger partial charge in [-0.3, -0.25) is 4.79 Å². The Hall–Kier alpha value is -0.970. The van der Waals surface area contributed by atoms with Crippen LogP contribution in [-0.2, 0) is 0 Å². The molecule has 0 aliphatic carbocycles. The smallest absolute Gasteiger partial charge is 0.253 e. The number of hydrogen-bond donors (Lipinski definition) is 2. The van der Waals surface area contributed by atoms with E-state index in [9.17, 15) is 4.79 Å². The average molecular weight is 171 g/mol. The van der Waals surface area contributed by atoms with E-state index in [0.29, 0.717) is 11.0 Å². The zero-order valence-electron chi connectivity index (χ0n) is 6.34. The second-order valence-electron chi connectivity index (χ2n) is 1.89. The summed E-state index contributed by atoms with van der Waals surface area (Å²) in [5.41, 5.74) is -0.131. The molecule has 1 heterocycles. The number of hydrogen-bond acceptors (Lipinski definition) is 4. The summed E-state index contributed by atoms with van der Waals surface area (Å²) in [7, 11) is 1.73. The molecule has 0 unspecified atom stereocenters. The second kappa shape index (κ2) is 3.43. The lowest BCUT2D eigenvalue weighted by Crippen LogP contribution is -2.09. The van der Waals surface area contributed by atoms with E-state index < -0.39 is 0 Å². The van der Waals surface area contributed by atoms with E-state index in [2.05, 4.69) is 15.3 Å². The van der Waals surface area contributed by atoms with Gasteiger partial charge in [0.25, 0.3) is 5.56 Å². The molecule has 0 spiro atoms. The summed E-state index contributed by atoms with van der Waals surface area (Å²) in [4.78, 5) is 17.5. The van der Waals surface area contributed by atoms with Crippen molar-refractivity contribution in [3.63, 3.8) is 0 Å². The molecular formula is C6H9N3OS. The molecular weight excluding hydrogens is 162 g/mol. The second-order valence-corrected chi connectivity index (χ2v) is 2.68. The van der Waals surface area contributed by atoms with Crippen molar-refractivity contribution in [2.24, 2.45) is 0 Å². The lowest BCUT2D eigenvalue weighted by molar-refractivity contribution is 0.942. The third kappa shape index (κ3) is 1.98. The van der Waals surface area contributed by atoms with Crippen molar-refractivity contribution < 1.29 is 0 Å². The molecule has 0 atom stereocenters. The summed E-state index contributed by atoms with van der Waals surface area (Å²) in [5, 5.41) is 3.42. The average Bonchev–Trinajstić information content (AvgIpc) is 2.03. The molecule has 1 rings (SSSR count). The molecule has 4 nitrogen and oxygen atoms in total. The number of aromatic nitrogens is 2. The van der Waals surface area contributed by atoms with Crippen molar-refractivity contribution in [3.05, 3.63) is 16.4 Å². The molecule has 0 amide bonds. The summed E-state index contributed by atoms with van der Waals surface area (Å²) < 4.78 is 0. The molecule has 1 aromatic rings. The van der Waals surface area contributed by atoms with Crippen molar-refractivity contribution in [1.29, 1.82) is 0 Å². The molecule has 0 aliphatic rings. The molecule has 1 aromatic heterocycles. The molecule has 60 valence electrons. The van der Waals surface area contributed by atoms with Gasteiger partial charge in [0.2, 0.25) is 0 Å².